The third kappa shape index (κ3) is 4.22. The van der Waals surface area contributed by atoms with Crippen molar-refractivity contribution in [2.24, 2.45) is 0 Å². The van der Waals surface area contributed by atoms with Gasteiger partial charge in [-0.2, -0.15) is 5.10 Å². The molecule has 0 spiro atoms. The van der Waals surface area contributed by atoms with Crippen molar-refractivity contribution in [2.45, 2.75) is 6.54 Å². The lowest BCUT2D eigenvalue weighted by molar-refractivity contribution is -0.132. The maximum atomic E-state index is 13.1. The minimum Gasteiger partial charge on any atom is -0.345 e. The fraction of sp³-hybridized carbons (Fsp3) is 0.208. The van der Waals surface area contributed by atoms with Crippen molar-refractivity contribution in [2.75, 3.05) is 31.1 Å². The summed E-state index contributed by atoms with van der Waals surface area (Å²) in [6, 6.07) is 22.3. The molecular weight excluding hydrogens is 406 g/mol. The maximum absolute atomic E-state index is 13.1. The minimum absolute atomic E-state index is 0.0960. The van der Waals surface area contributed by atoms with Crippen LogP contribution in [-0.2, 0) is 11.3 Å². The lowest BCUT2D eigenvalue weighted by Crippen LogP contribution is -2.49. The van der Waals surface area contributed by atoms with Gasteiger partial charge in [-0.05, 0) is 11.6 Å². The van der Waals surface area contributed by atoms with E-state index in [4.69, 9.17) is 5.10 Å². The Morgan fingerprint density at radius 2 is 1.58 bits per heavy atom. The van der Waals surface area contributed by atoms with E-state index in [9.17, 15) is 4.79 Å². The van der Waals surface area contributed by atoms with Crippen LogP contribution in [0.5, 0.6) is 0 Å². The minimum atomic E-state index is 0.0960. The van der Waals surface area contributed by atoms with Crippen LogP contribution in [0.15, 0.2) is 78.3 Å². The molecule has 6 nitrogen and oxygen atoms in total. The molecule has 0 aliphatic carbocycles. The van der Waals surface area contributed by atoms with Crippen LogP contribution in [0.25, 0.3) is 22.5 Å². The highest BCUT2D eigenvalue weighted by Crippen LogP contribution is 2.26. The van der Waals surface area contributed by atoms with Gasteiger partial charge in [-0.1, -0.05) is 60.7 Å². The number of nitrogens with zero attached hydrogens (tertiary/aromatic N) is 5. The Bertz CT molecular complexity index is 1130. The van der Waals surface area contributed by atoms with Gasteiger partial charge in [0.2, 0.25) is 5.91 Å². The Morgan fingerprint density at radius 1 is 0.903 bits per heavy atom. The summed E-state index contributed by atoms with van der Waals surface area (Å²) in [6.07, 6.45) is 1.82. The normalized spacial score (nSPS) is 14.1. The van der Waals surface area contributed by atoms with Crippen LogP contribution in [0.4, 0.5) is 5.13 Å². The van der Waals surface area contributed by atoms with E-state index in [-0.39, 0.29) is 12.5 Å². The largest absolute Gasteiger partial charge is 0.345 e. The number of amides is 1. The zero-order chi connectivity index (χ0) is 21.0. The highest BCUT2D eigenvalue weighted by molar-refractivity contribution is 7.13. The number of aromatic nitrogens is 3. The van der Waals surface area contributed by atoms with Crippen LogP contribution < -0.4 is 4.90 Å². The zero-order valence-corrected chi connectivity index (χ0v) is 17.9. The highest BCUT2D eigenvalue weighted by Gasteiger charge is 2.24. The molecule has 1 amide bonds. The smallest absolute Gasteiger partial charge is 0.244 e. The summed E-state index contributed by atoms with van der Waals surface area (Å²) in [5, 5.41) is 7.81. The summed E-state index contributed by atoms with van der Waals surface area (Å²) in [4.78, 5) is 21.7. The van der Waals surface area contributed by atoms with E-state index in [1.165, 1.54) is 0 Å². The molecule has 1 fully saturated rings. The highest BCUT2D eigenvalue weighted by atomic mass is 32.1. The molecule has 3 heterocycles. The Hall–Kier alpha value is -3.45. The molecule has 0 atom stereocenters. The molecule has 5 rings (SSSR count). The number of carbonyl (C=O) groups is 1. The first-order valence-electron chi connectivity index (χ1n) is 10.4. The van der Waals surface area contributed by atoms with Crippen LogP contribution >= 0.6 is 11.3 Å². The van der Waals surface area contributed by atoms with Gasteiger partial charge in [0.15, 0.2) is 5.13 Å². The Labute approximate surface area is 185 Å². The van der Waals surface area contributed by atoms with Crippen molar-refractivity contribution in [1.29, 1.82) is 0 Å². The molecule has 0 saturated carbocycles. The second-order valence-electron chi connectivity index (χ2n) is 7.49. The Morgan fingerprint density at radius 3 is 2.23 bits per heavy atom. The fourth-order valence-electron chi connectivity index (χ4n) is 3.88. The summed E-state index contributed by atoms with van der Waals surface area (Å²) in [5.74, 6) is 0.0960. The summed E-state index contributed by atoms with van der Waals surface area (Å²) in [5.41, 5.74) is 3.93. The van der Waals surface area contributed by atoms with E-state index in [1.54, 1.807) is 11.3 Å². The number of hydrogen-bond acceptors (Lipinski definition) is 5. The third-order valence-electron chi connectivity index (χ3n) is 5.53. The second-order valence-corrected chi connectivity index (χ2v) is 8.36. The number of thiazole rings is 1. The quantitative estimate of drug-likeness (QED) is 0.481. The van der Waals surface area contributed by atoms with Gasteiger partial charge >= 0.3 is 0 Å². The van der Waals surface area contributed by atoms with Crippen molar-refractivity contribution in [3.8, 4) is 22.5 Å². The topological polar surface area (TPSA) is 54.3 Å². The molecule has 2 aromatic heterocycles. The molecule has 31 heavy (non-hydrogen) atoms. The van der Waals surface area contributed by atoms with Gasteiger partial charge in [-0.3, -0.25) is 9.48 Å². The molecule has 1 saturated heterocycles. The van der Waals surface area contributed by atoms with Crippen molar-refractivity contribution in [1.82, 2.24) is 19.7 Å². The van der Waals surface area contributed by atoms with Crippen LogP contribution in [0.3, 0.4) is 0 Å². The van der Waals surface area contributed by atoms with Crippen LogP contribution in [-0.4, -0.2) is 51.8 Å². The summed E-state index contributed by atoms with van der Waals surface area (Å²) < 4.78 is 1.84. The van der Waals surface area contributed by atoms with E-state index >= 15 is 0 Å². The van der Waals surface area contributed by atoms with E-state index < -0.39 is 0 Å². The maximum Gasteiger partial charge on any atom is 0.244 e. The molecule has 7 heteroatoms. The molecule has 0 unspecified atom stereocenters. The predicted molar refractivity (Wildman–Crippen MR) is 124 cm³/mol. The molecule has 4 aromatic rings. The van der Waals surface area contributed by atoms with E-state index in [0.29, 0.717) is 13.1 Å². The van der Waals surface area contributed by atoms with Crippen molar-refractivity contribution >= 4 is 22.4 Å². The van der Waals surface area contributed by atoms with E-state index in [1.807, 2.05) is 69.7 Å². The van der Waals surface area contributed by atoms with Crippen molar-refractivity contribution in [3.05, 3.63) is 78.3 Å². The lowest BCUT2D eigenvalue weighted by atomic mass is 10.1. The number of anilines is 1. The lowest BCUT2D eigenvalue weighted by Gasteiger charge is -2.34. The summed E-state index contributed by atoms with van der Waals surface area (Å²) >= 11 is 1.64. The van der Waals surface area contributed by atoms with Crippen molar-refractivity contribution < 1.29 is 4.79 Å². The molecule has 0 radical (unpaired) electrons. The molecular formula is C24H23N5OS. The van der Waals surface area contributed by atoms with Crippen molar-refractivity contribution in [3.63, 3.8) is 0 Å². The Balaban J connectivity index is 1.35. The molecule has 1 aliphatic heterocycles. The van der Waals surface area contributed by atoms with Gasteiger partial charge in [-0.25, -0.2) is 4.98 Å². The van der Waals surface area contributed by atoms with Gasteiger partial charge in [0.05, 0.1) is 11.4 Å². The molecule has 0 N–H and O–H groups in total. The standard InChI is InChI=1S/C24H23N5OS/c30-23(27-12-14-28(15-13-27)24-25-11-16-31-24)18-29-22(20-9-5-2-6-10-20)17-21(26-29)19-7-3-1-4-8-19/h1-11,16-17H,12-15,18H2. The average molecular weight is 430 g/mol. The summed E-state index contributed by atoms with van der Waals surface area (Å²) in [6.45, 7) is 3.24. The van der Waals surface area contributed by atoms with E-state index in [2.05, 4.69) is 28.1 Å². The number of piperazine rings is 1. The van der Waals surface area contributed by atoms with Gasteiger partial charge in [-0.15, -0.1) is 11.3 Å². The first-order chi connectivity index (χ1) is 15.3. The average Bonchev–Trinajstić information content (AvgIpc) is 3.51. The van der Waals surface area contributed by atoms with Gasteiger partial charge in [0.25, 0.3) is 0 Å². The number of benzene rings is 2. The SMILES string of the molecule is O=C(Cn1nc(-c2ccccc2)cc1-c1ccccc1)N1CCN(c2nccs2)CC1. The first kappa shape index (κ1) is 19.5. The number of rotatable bonds is 5. The van der Waals surface area contributed by atoms with Gasteiger partial charge in [0.1, 0.15) is 6.54 Å². The predicted octanol–water partition coefficient (Wildman–Crippen LogP) is 4.02. The first-order valence-corrected chi connectivity index (χ1v) is 11.3. The molecule has 0 bridgehead atoms. The number of hydrogen-bond donors (Lipinski definition) is 0. The molecule has 2 aromatic carbocycles. The fourth-order valence-corrected chi connectivity index (χ4v) is 4.57. The van der Waals surface area contributed by atoms with Crippen LogP contribution in [0.1, 0.15) is 0 Å². The van der Waals surface area contributed by atoms with Gasteiger partial charge in [0, 0.05) is 43.3 Å². The number of carbonyl (C=O) groups excluding carboxylic acids is 1. The van der Waals surface area contributed by atoms with Crippen LogP contribution in [0.2, 0.25) is 0 Å². The zero-order valence-electron chi connectivity index (χ0n) is 17.1. The van der Waals surface area contributed by atoms with Crippen LogP contribution in [0, 0.1) is 0 Å². The van der Waals surface area contributed by atoms with E-state index in [0.717, 1.165) is 40.7 Å². The summed E-state index contributed by atoms with van der Waals surface area (Å²) in [7, 11) is 0. The van der Waals surface area contributed by atoms with Gasteiger partial charge < -0.3 is 9.80 Å². The molecule has 1 aliphatic rings. The molecule has 156 valence electrons. The Kier molecular flexibility index (Phi) is 5.50. The monoisotopic (exact) mass is 429 g/mol. The third-order valence-corrected chi connectivity index (χ3v) is 6.36. The second kappa shape index (κ2) is 8.73.